The van der Waals surface area contributed by atoms with E-state index in [-0.39, 0.29) is 19.2 Å². The van der Waals surface area contributed by atoms with Gasteiger partial charge in [-0.15, -0.1) is 0 Å². The van der Waals surface area contributed by atoms with Crippen LogP contribution in [0.5, 0.6) is 0 Å². The van der Waals surface area contributed by atoms with Crippen molar-refractivity contribution in [2.45, 2.75) is 13.0 Å². The van der Waals surface area contributed by atoms with Crippen LogP contribution >= 0.6 is 0 Å². The van der Waals surface area contributed by atoms with E-state index in [9.17, 15) is 0 Å². The zero-order valence-corrected chi connectivity index (χ0v) is 6.69. The second-order valence-electron chi connectivity index (χ2n) is 2.35. The van der Waals surface area contributed by atoms with Crippen molar-refractivity contribution in [2.24, 2.45) is 0 Å². The van der Waals surface area contributed by atoms with Crippen molar-refractivity contribution in [2.75, 3.05) is 18.5 Å². The fourth-order valence-electron chi connectivity index (χ4n) is 0.679. The fraction of sp³-hybridized carbons (Fsp3) is 0.667. The van der Waals surface area contributed by atoms with E-state index < -0.39 is 6.04 Å². The van der Waals surface area contributed by atoms with Gasteiger partial charge >= 0.3 is 6.01 Å². The van der Waals surface area contributed by atoms with Crippen LogP contribution in [0.2, 0.25) is 0 Å². The maximum absolute atomic E-state index is 8.68. The number of hydrogen-bond acceptors (Lipinski definition) is 6. The first-order valence-corrected chi connectivity index (χ1v) is 3.55. The fourth-order valence-corrected chi connectivity index (χ4v) is 0.679. The van der Waals surface area contributed by atoms with E-state index in [4.69, 9.17) is 14.7 Å². The third-order valence-corrected chi connectivity index (χ3v) is 1.30. The predicted molar refractivity (Wildman–Crippen MR) is 40.6 cm³/mol. The molecule has 1 aromatic heterocycles. The largest absolute Gasteiger partial charge is 0.394 e. The number of hydrogen-bond donors (Lipinski definition) is 3. The van der Waals surface area contributed by atoms with Gasteiger partial charge in [0, 0.05) is 0 Å². The first-order valence-electron chi connectivity index (χ1n) is 3.55. The summed E-state index contributed by atoms with van der Waals surface area (Å²) in [5.74, 6) is 0.507. The van der Waals surface area contributed by atoms with Crippen molar-refractivity contribution in [1.29, 1.82) is 0 Å². The average molecular weight is 173 g/mol. The molecule has 68 valence electrons. The van der Waals surface area contributed by atoms with Gasteiger partial charge < -0.3 is 20.1 Å². The Morgan fingerprint density at radius 3 is 2.58 bits per heavy atom. The Bertz CT molecular complexity index is 234. The molecule has 0 unspecified atom stereocenters. The van der Waals surface area contributed by atoms with Crippen LogP contribution in [-0.4, -0.2) is 39.6 Å². The molecule has 1 rings (SSSR count). The van der Waals surface area contributed by atoms with Crippen LogP contribution in [0.4, 0.5) is 6.01 Å². The molecule has 12 heavy (non-hydrogen) atoms. The summed E-state index contributed by atoms with van der Waals surface area (Å²) in [5, 5.41) is 23.5. The van der Waals surface area contributed by atoms with E-state index in [2.05, 4.69) is 15.5 Å². The number of nitrogens with zero attached hydrogens (tertiary/aromatic N) is 2. The first kappa shape index (κ1) is 8.95. The van der Waals surface area contributed by atoms with Crippen LogP contribution in [-0.2, 0) is 0 Å². The highest BCUT2D eigenvalue weighted by molar-refractivity contribution is 5.20. The number of aliphatic hydroxyl groups is 2. The van der Waals surface area contributed by atoms with E-state index in [1.165, 1.54) is 0 Å². The zero-order valence-electron chi connectivity index (χ0n) is 6.69. The standard InChI is InChI=1S/C6H11N3O3/c1-4-7-6(12-9-4)8-5(2-10)3-11/h5,10-11H,2-3H2,1H3,(H,7,8,9). The normalized spacial score (nSPS) is 10.7. The van der Waals surface area contributed by atoms with Crippen LogP contribution in [0.1, 0.15) is 5.82 Å². The minimum absolute atomic E-state index is 0.183. The molecular formula is C6H11N3O3. The van der Waals surface area contributed by atoms with E-state index in [0.717, 1.165) is 0 Å². The molecule has 0 saturated carbocycles. The van der Waals surface area contributed by atoms with Gasteiger partial charge in [0.1, 0.15) is 0 Å². The topological polar surface area (TPSA) is 91.4 Å². The van der Waals surface area contributed by atoms with E-state index in [1.54, 1.807) is 6.92 Å². The van der Waals surface area contributed by atoms with E-state index >= 15 is 0 Å². The summed E-state index contributed by atoms with van der Waals surface area (Å²) in [5.41, 5.74) is 0. The number of aryl methyl sites for hydroxylation is 1. The summed E-state index contributed by atoms with van der Waals surface area (Å²) in [6.07, 6.45) is 0. The molecule has 6 heteroatoms. The summed E-state index contributed by atoms with van der Waals surface area (Å²) in [4.78, 5) is 3.84. The summed E-state index contributed by atoms with van der Waals surface area (Å²) >= 11 is 0. The highest BCUT2D eigenvalue weighted by atomic mass is 16.5. The number of anilines is 1. The summed E-state index contributed by atoms with van der Waals surface area (Å²) < 4.78 is 4.70. The van der Waals surface area contributed by atoms with Crippen molar-refractivity contribution >= 4 is 6.01 Å². The molecule has 0 amide bonds. The highest BCUT2D eigenvalue weighted by Crippen LogP contribution is 2.03. The lowest BCUT2D eigenvalue weighted by Gasteiger charge is -2.09. The third-order valence-electron chi connectivity index (χ3n) is 1.30. The van der Waals surface area contributed by atoms with Gasteiger partial charge in [-0.1, -0.05) is 5.16 Å². The van der Waals surface area contributed by atoms with Gasteiger partial charge in [0.25, 0.3) is 0 Å². The molecule has 0 aliphatic carbocycles. The van der Waals surface area contributed by atoms with E-state index in [0.29, 0.717) is 5.82 Å². The third kappa shape index (κ3) is 2.18. The summed E-state index contributed by atoms with van der Waals surface area (Å²) in [6.45, 7) is 1.32. The van der Waals surface area contributed by atoms with Crippen LogP contribution in [0.3, 0.4) is 0 Å². The molecule has 0 radical (unpaired) electrons. The summed E-state index contributed by atoms with van der Waals surface area (Å²) in [6, 6.07) is -0.245. The molecule has 6 nitrogen and oxygen atoms in total. The molecule has 1 aromatic rings. The molecule has 0 atom stereocenters. The summed E-state index contributed by atoms with van der Waals surface area (Å²) in [7, 11) is 0. The van der Waals surface area contributed by atoms with Crippen molar-refractivity contribution in [3.05, 3.63) is 5.82 Å². The Kier molecular flexibility index (Phi) is 3.01. The van der Waals surface area contributed by atoms with Crippen molar-refractivity contribution in [3.63, 3.8) is 0 Å². The average Bonchev–Trinajstić information content (AvgIpc) is 2.47. The van der Waals surface area contributed by atoms with Crippen LogP contribution < -0.4 is 5.32 Å². The van der Waals surface area contributed by atoms with Gasteiger partial charge in [0.2, 0.25) is 0 Å². The molecule has 0 saturated heterocycles. The maximum atomic E-state index is 8.68. The second kappa shape index (κ2) is 4.03. The zero-order chi connectivity index (χ0) is 8.97. The monoisotopic (exact) mass is 173 g/mol. The van der Waals surface area contributed by atoms with Gasteiger partial charge in [-0.25, -0.2) is 0 Å². The predicted octanol–water partition coefficient (Wildman–Crippen LogP) is -0.857. The second-order valence-corrected chi connectivity index (χ2v) is 2.35. The lowest BCUT2D eigenvalue weighted by molar-refractivity contribution is 0.201. The Morgan fingerprint density at radius 2 is 2.17 bits per heavy atom. The number of aliphatic hydroxyl groups excluding tert-OH is 2. The Balaban J connectivity index is 2.50. The van der Waals surface area contributed by atoms with Gasteiger partial charge in [-0.3, -0.25) is 0 Å². The Labute approximate surface area is 69.2 Å². The molecule has 3 N–H and O–H groups in total. The number of rotatable bonds is 4. The smallest absolute Gasteiger partial charge is 0.321 e. The quantitative estimate of drug-likeness (QED) is 0.549. The lowest BCUT2D eigenvalue weighted by Crippen LogP contribution is -2.27. The molecule has 1 heterocycles. The van der Waals surface area contributed by atoms with Gasteiger partial charge in [-0.2, -0.15) is 4.98 Å². The van der Waals surface area contributed by atoms with Crippen molar-refractivity contribution < 1.29 is 14.7 Å². The van der Waals surface area contributed by atoms with E-state index in [1.807, 2.05) is 0 Å². The molecular weight excluding hydrogens is 162 g/mol. The molecule has 0 fully saturated rings. The Hall–Kier alpha value is -1.14. The van der Waals surface area contributed by atoms with Gasteiger partial charge in [0.15, 0.2) is 5.82 Å². The molecule has 0 aromatic carbocycles. The van der Waals surface area contributed by atoms with Crippen LogP contribution in [0.25, 0.3) is 0 Å². The molecule has 0 aliphatic rings. The van der Waals surface area contributed by atoms with Crippen molar-refractivity contribution in [3.8, 4) is 0 Å². The first-order chi connectivity index (χ1) is 5.76. The number of aromatic nitrogens is 2. The minimum atomic E-state index is -0.454. The van der Waals surface area contributed by atoms with Gasteiger partial charge in [-0.05, 0) is 6.92 Å². The maximum Gasteiger partial charge on any atom is 0.321 e. The lowest BCUT2D eigenvalue weighted by atomic mass is 10.3. The van der Waals surface area contributed by atoms with Gasteiger partial charge in [0.05, 0.1) is 19.3 Å². The molecule has 0 spiro atoms. The Morgan fingerprint density at radius 1 is 1.50 bits per heavy atom. The highest BCUT2D eigenvalue weighted by Gasteiger charge is 2.09. The van der Waals surface area contributed by atoms with Crippen molar-refractivity contribution in [1.82, 2.24) is 10.1 Å². The molecule has 0 aliphatic heterocycles. The van der Waals surface area contributed by atoms with Crippen LogP contribution in [0, 0.1) is 6.92 Å². The molecule has 0 bridgehead atoms. The minimum Gasteiger partial charge on any atom is -0.394 e. The number of nitrogens with one attached hydrogen (secondary N) is 1. The van der Waals surface area contributed by atoms with Crippen LogP contribution in [0.15, 0.2) is 4.52 Å². The SMILES string of the molecule is Cc1noc(NC(CO)CO)n1.